The van der Waals surface area contributed by atoms with Crippen molar-refractivity contribution in [1.82, 2.24) is 0 Å². The molecule has 0 N–H and O–H groups in total. The summed E-state index contributed by atoms with van der Waals surface area (Å²) in [7, 11) is 1.30. The lowest BCUT2D eigenvalue weighted by atomic mass is 10.1. The highest BCUT2D eigenvalue weighted by Crippen LogP contribution is 2.13. The molecule has 0 saturated carbocycles. The molecule has 15 heavy (non-hydrogen) atoms. The summed E-state index contributed by atoms with van der Waals surface area (Å²) < 4.78 is 4.49. The van der Waals surface area contributed by atoms with E-state index in [9.17, 15) is 9.59 Å². The van der Waals surface area contributed by atoms with Crippen molar-refractivity contribution in [2.24, 2.45) is 0 Å². The number of alkyl halides is 1. The molecule has 0 spiro atoms. The molecule has 0 aromatic heterocycles. The second-order valence-electron chi connectivity index (χ2n) is 2.98. The van der Waals surface area contributed by atoms with E-state index in [1.54, 1.807) is 24.3 Å². The van der Waals surface area contributed by atoms with Gasteiger partial charge in [0.2, 0.25) is 0 Å². The summed E-state index contributed by atoms with van der Waals surface area (Å²) in [5.41, 5.74) is 0.586. The van der Waals surface area contributed by atoms with Crippen molar-refractivity contribution >= 4 is 27.7 Å². The molecule has 0 fully saturated rings. The van der Waals surface area contributed by atoms with Crippen LogP contribution in [-0.2, 0) is 9.53 Å². The molecule has 4 heteroatoms. The number of halogens is 1. The van der Waals surface area contributed by atoms with Gasteiger partial charge >= 0.3 is 5.97 Å². The van der Waals surface area contributed by atoms with E-state index < -0.39 is 10.8 Å². The lowest BCUT2D eigenvalue weighted by Crippen LogP contribution is -2.19. The second-order valence-corrected chi connectivity index (χ2v) is 4.08. The zero-order valence-electron chi connectivity index (χ0n) is 8.27. The van der Waals surface area contributed by atoms with Crippen LogP contribution in [-0.4, -0.2) is 23.7 Å². The van der Waals surface area contributed by atoms with E-state index in [4.69, 9.17) is 0 Å². The first-order valence-electron chi connectivity index (χ1n) is 4.45. The van der Waals surface area contributed by atoms with Crippen molar-refractivity contribution in [3.05, 3.63) is 35.9 Å². The molecule has 0 heterocycles. The fraction of sp³-hybridized carbons (Fsp3) is 0.273. The molecule has 0 unspecified atom stereocenters. The minimum atomic E-state index is -0.521. The maximum Gasteiger partial charge on any atom is 0.307 e. The first kappa shape index (κ1) is 11.9. The Morgan fingerprint density at radius 2 is 1.93 bits per heavy atom. The number of methoxy groups -OCH3 is 1. The van der Waals surface area contributed by atoms with Gasteiger partial charge in [0.1, 0.15) is 0 Å². The molecular formula is C11H11BrO3. The summed E-state index contributed by atoms with van der Waals surface area (Å²) in [6, 6.07) is 8.83. The van der Waals surface area contributed by atoms with Gasteiger partial charge in [0.05, 0.1) is 18.4 Å². The number of esters is 1. The number of ether oxygens (including phenoxy) is 1. The molecule has 0 saturated heterocycles. The standard InChI is InChI=1S/C11H11BrO3/c1-15-10(13)7-9(12)11(14)8-5-3-2-4-6-8/h2-6,9H,7H2,1H3/t9-/m0/s1. The Balaban J connectivity index is 2.65. The number of carbonyl (C=O) groups excluding carboxylic acids is 2. The van der Waals surface area contributed by atoms with Crippen molar-refractivity contribution in [2.75, 3.05) is 7.11 Å². The zero-order valence-corrected chi connectivity index (χ0v) is 9.86. The summed E-state index contributed by atoms with van der Waals surface area (Å²) in [6.45, 7) is 0. The molecule has 0 radical (unpaired) electrons. The van der Waals surface area contributed by atoms with Gasteiger partial charge in [-0.1, -0.05) is 46.3 Å². The van der Waals surface area contributed by atoms with Crippen LogP contribution in [0.3, 0.4) is 0 Å². The van der Waals surface area contributed by atoms with Crippen LogP contribution in [0.1, 0.15) is 16.8 Å². The Morgan fingerprint density at radius 3 is 2.47 bits per heavy atom. The van der Waals surface area contributed by atoms with Gasteiger partial charge in [0.15, 0.2) is 5.78 Å². The smallest absolute Gasteiger partial charge is 0.307 e. The number of rotatable bonds is 4. The Morgan fingerprint density at radius 1 is 1.33 bits per heavy atom. The number of hydrogen-bond donors (Lipinski definition) is 0. The van der Waals surface area contributed by atoms with Crippen LogP contribution in [0.4, 0.5) is 0 Å². The number of benzene rings is 1. The van der Waals surface area contributed by atoms with E-state index >= 15 is 0 Å². The molecular weight excluding hydrogens is 260 g/mol. The maximum absolute atomic E-state index is 11.7. The molecule has 0 bridgehead atoms. The molecule has 0 amide bonds. The number of hydrogen-bond acceptors (Lipinski definition) is 3. The highest BCUT2D eigenvalue weighted by molar-refractivity contribution is 9.10. The van der Waals surface area contributed by atoms with Gasteiger partial charge in [-0.15, -0.1) is 0 Å². The zero-order chi connectivity index (χ0) is 11.3. The molecule has 1 aromatic rings. The Bertz CT molecular complexity index is 348. The van der Waals surface area contributed by atoms with Gasteiger partial charge in [-0.25, -0.2) is 0 Å². The van der Waals surface area contributed by atoms with Crippen LogP contribution in [0.25, 0.3) is 0 Å². The molecule has 1 aromatic carbocycles. The normalized spacial score (nSPS) is 11.9. The average Bonchev–Trinajstić information content (AvgIpc) is 2.29. The molecule has 80 valence electrons. The maximum atomic E-state index is 11.7. The van der Waals surface area contributed by atoms with E-state index in [-0.39, 0.29) is 12.2 Å². The van der Waals surface area contributed by atoms with Gasteiger partial charge < -0.3 is 4.74 Å². The molecule has 1 atom stereocenters. The van der Waals surface area contributed by atoms with Crippen molar-refractivity contribution in [3.8, 4) is 0 Å². The minimum absolute atomic E-state index is 0.0459. The van der Waals surface area contributed by atoms with E-state index in [0.717, 1.165) is 0 Å². The number of carbonyl (C=O) groups is 2. The molecule has 0 aliphatic heterocycles. The lowest BCUT2D eigenvalue weighted by Gasteiger charge is -2.06. The summed E-state index contributed by atoms with van der Waals surface area (Å²) in [6.07, 6.45) is 0.0459. The van der Waals surface area contributed by atoms with Gasteiger partial charge in [0, 0.05) is 5.56 Å². The van der Waals surface area contributed by atoms with Gasteiger partial charge in [-0.05, 0) is 0 Å². The van der Waals surface area contributed by atoms with Crippen LogP contribution in [0.2, 0.25) is 0 Å². The molecule has 1 rings (SSSR count). The van der Waals surface area contributed by atoms with Gasteiger partial charge in [-0.2, -0.15) is 0 Å². The van der Waals surface area contributed by atoms with Crippen molar-refractivity contribution in [3.63, 3.8) is 0 Å². The van der Waals surface area contributed by atoms with Crippen molar-refractivity contribution in [1.29, 1.82) is 0 Å². The SMILES string of the molecule is COC(=O)C[C@H](Br)C(=O)c1ccccc1. The Hall–Kier alpha value is -1.16. The number of ketones is 1. The van der Waals surface area contributed by atoms with Crippen LogP contribution in [0.5, 0.6) is 0 Å². The third kappa shape index (κ3) is 3.47. The fourth-order valence-corrected chi connectivity index (χ4v) is 1.63. The lowest BCUT2D eigenvalue weighted by molar-refractivity contribution is -0.140. The number of Topliss-reactive ketones (excluding diaryl/α,β-unsaturated/α-hetero) is 1. The summed E-state index contributed by atoms with van der Waals surface area (Å²) in [5, 5.41) is 0. The monoisotopic (exact) mass is 270 g/mol. The van der Waals surface area contributed by atoms with Crippen LogP contribution < -0.4 is 0 Å². The van der Waals surface area contributed by atoms with E-state index in [1.165, 1.54) is 7.11 Å². The highest BCUT2D eigenvalue weighted by atomic mass is 79.9. The Kier molecular flexibility index (Phi) is 4.49. The van der Waals surface area contributed by atoms with E-state index in [1.807, 2.05) is 6.07 Å². The highest BCUT2D eigenvalue weighted by Gasteiger charge is 2.20. The van der Waals surface area contributed by atoms with Crippen LogP contribution in [0.15, 0.2) is 30.3 Å². The van der Waals surface area contributed by atoms with E-state index in [0.29, 0.717) is 5.56 Å². The van der Waals surface area contributed by atoms with Crippen molar-refractivity contribution < 1.29 is 14.3 Å². The minimum Gasteiger partial charge on any atom is -0.469 e. The predicted octanol–water partition coefficient (Wildman–Crippen LogP) is 2.20. The largest absolute Gasteiger partial charge is 0.469 e. The Labute approximate surface area is 96.6 Å². The molecule has 0 aliphatic carbocycles. The third-order valence-electron chi connectivity index (χ3n) is 1.92. The van der Waals surface area contributed by atoms with Gasteiger partial charge in [0.25, 0.3) is 0 Å². The average molecular weight is 271 g/mol. The van der Waals surface area contributed by atoms with E-state index in [2.05, 4.69) is 20.7 Å². The summed E-state index contributed by atoms with van der Waals surface area (Å²) >= 11 is 3.17. The second kappa shape index (κ2) is 5.66. The first-order chi connectivity index (χ1) is 7.15. The topological polar surface area (TPSA) is 43.4 Å². The molecule has 3 nitrogen and oxygen atoms in total. The van der Waals surface area contributed by atoms with Crippen LogP contribution >= 0.6 is 15.9 Å². The first-order valence-corrected chi connectivity index (χ1v) is 5.37. The van der Waals surface area contributed by atoms with Gasteiger partial charge in [-0.3, -0.25) is 9.59 Å². The van der Waals surface area contributed by atoms with Crippen LogP contribution in [0, 0.1) is 0 Å². The molecule has 0 aliphatic rings. The predicted molar refractivity (Wildman–Crippen MR) is 60.1 cm³/mol. The summed E-state index contributed by atoms with van der Waals surface area (Å²) in [4.78, 5) is 22.2. The third-order valence-corrected chi connectivity index (χ3v) is 2.66. The van der Waals surface area contributed by atoms with Crippen molar-refractivity contribution in [2.45, 2.75) is 11.2 Å². The quantitative estimate of drug-likeness (QED) is 0.479. The summed E-state index contributed by atoms with van der Waals surface area (Å²) in [5.74, 6) is -0.512. The fourth-order valence-electron chi connectivity index (χ4n) is 1.11.